The molecule has 2 rings (SSSR count). The van der Waals surface area contributed by atoms with Crippen LogP contribution in [0.3, 0.4) is 0 Å². The summed E-state index contributed by atoms with van der Waals surface area (Å²) in [5.74, 6) is -0.987. The van der Waals surface area contributed by atoms with Gasteiger partial charge in [0.05, 0.1) is 12.2 Å². The number of hydrogen-bond donors (Lipinski definition) is 2. The average Bonchev–Trinajstić information content (AvgIpc) is 2.63. The Labute approximate surface area is 159 Å². The number of carboxylic acids is 1. The van der Waals surface area contributed by atoms with Gasteiger partial charge in [0, 0.05) is 12.1 Å². The molecule has 6 nitrogen and oxygen atoms in total. The maximum Gasteiger partial charge on any atom is 0.341 e. The first kappa shape index (κ1) is 20.5. The number of amides is 1. The number of carbonyl (C=O) groups is 2. The highest BCUT2D eigenvalue weighted by Crippen LogP contribution is 2.15. The van der Waals surface area contributed by atoms with Crippen LogP contribution in [0.1, 0.15) is 42.3 Å². The van der Waals surface area contributed by atoms with Crippen LogP contribution in [0.5, 0.6) is 5.75 Å². The molecule has 0 bridgehead atoms. The molecule has 0 spiro atoms. The number of nitrogens with one attached hydrogen (secondary N) is 1. The lowest BCUT2D eigenvalue weighted by molar-refractivity contribution is -0.139. The maximum atomic E-state index is 12.3. The summed E-state index contributed by atoms with van der Waals surface area (Å²) in [6.07, 6.45) is 0. The van der Waals surface area contributed by atoms with Crippen molar-refractivity contribution in [3.05, 3.63) is 65.2 Å². The highest BCUT2D eigenvalue weighted by Gasteiger charge is 2.11. The molecule has 0 fully saturated rings. The van der Waals surface area contributed by atoms with E-state index in [0.29, 0.717) is 24.5 Å². The van der Waals surface area contributed by atoms with Gasteiger partial charge in [0.1, 0.15) is 5.75 Å². The van der Waals surface area contributed by atoms with Gasteiger partial charge in [-0.2, -0.15) is 0 Å². The molecule has 0 saturated carbocycles. The van der Waals surface area contributed by atoms with Gasteiger partial charge in [-0.1, -0.05) is 30.3 Å². The van der Waals surface area contributed by atoms with Crippen molar-refractivity contribution in [2.45, 2.75) is 39.5 Å². The normalized spacial score (nSPS) is 11.1. The Hall–Kier alpha value is -2.86. The lowest BCUT2D eigenvalue weighted by Gasteiger charge is -2.19. The van der Waals surface area contributed by atoms with Crippen LogP contribution in [0.15, 0.2) is 48.5 Å². The van der Waals surface area contributed by atoms with Crippen LogP contribution in [0.25, 0.3) is 0 Å². The molecular formula is C21H25NO5. The van der Waals surface area contributed by atoms with E-state index in [9.17, 15) is 9.59 Å². The van der Waals surface area contributed by atoms with E-state index in [0.717, 1.165) is 11.1 Å². The lowest BCUT2D eigenvalue weighted by Crippen LogP contribution is -2.23. The number of ether oxygens (including phenoxy) is 2. The summed E-state index contributed by atoms with van der Waals surface area (Å²) in [5.41, 5.74) is 2.21. The van der Waals surface area contributed by atoms with Crippen LogP contribution in [0, 0.1) is 0 Å². The molecule has 27 heavy (non-hydrogen) atoms. The molecule has 0 aliphatic carbocycles. The van der Waals surface area contributed by atoms with Gasteiger partial charge >= 0.3 is 5.97 Å². The number of carboxylic acid groups (broad SMARTS) is 1. The van der Waals surface area contributed by atoms with Crippen molar-refractivity contribution in [3.63, 3.8) is 0 Å². The van der Waals surface area contributed by atoms with Crippen molar-refractivity contribution < 1.29 is 24.2 Å². The van der Waals surface area contributed by atoms with Crippen LogP contribution in [-0.4, -0.2) is 29.2 Å². The highest BCUT2D eigenvalue weighted by atomic mass is 16.5. The van der Waals surface area contributed by atoms with E-state index >= 15 is 0 Å². The van der Waals surface area contributed by atoms with Gasteiger partial charge < -0.3 is 19.9 Å². The van der Waals surface area contributed by atoms with E-state index in [-0.39, 0.29) is 11.5 Å². The molecule has 0 aromatic heterocycles. The fourth-order valence-electron chi connectivity index (χ4n) is 2.29. The van der Waals surface area contributed by atoms with Crippen molar-refractivity contribution in [2.24, 2.45) is 0 Å². The van der Waals surface area contributed by atoms with Gasteiger partial charge in [0.15, 0.2) is 6.61 Å². The minimum atomic E-state index is -1.07. The van der Waals surface area contributed by atoms with Crippen molar-refractivity contribution in [1.29, 1.82) is 0 Å². The van der Waals surface area contributed by atoms with Gasteiger partial charge in [-0.05, 0) is 50.1 Å². The first-order chi connectivity index (χ1) is 12.7. The summed E-state index contributed by atoms with van der Waals surface area (Å²) in [5, 5.41) is 11.5. The summed E-state index contributed by atoms with van der Waals surface area (Å²) in [6, 6.07) is 14.3. The zero-order chi connectivity index (χ0) is 19.9. The molecule has 0 radical (unpaired) electrons. The molecular weight excluding hydrogens is 346 g/mol. The molecule has 0 aliphatic heterocycles. The second kappa shape index (κ2) is 9.19. The molecule has 0 atom stereocenters. The summed E-state index contributed by atoms with van der Waals surface area (Å²) in [6.45, 7) is 6.45. The van der Waals surface area contributed by atoms with Gasteiger partial charge in [-0.25, -0.2) is 4.79 Å². The molecule has 2 aromatic carbocycles. The molecule has 0 aliphatic rings. The van der Waals surface area contributed by atoms with Gasteiger partial charge in [0.2, 0.25) is 0 Å². The Bertz CT molecular complexity index is 795. The summed E-state index contributed by atoms with van der Waals surface area (Å²) >= 11 is 0. The van der Waals surface area contributed by atoms with Gasteiger partial charge in [0.25, 0.3) is 5.91 Å². The number of hydrogen-bond acceptors (Lipinski definition) is 4. The third kappa shape index (κ3) is 7.50. The number of aliphatic carboxylic acids is 1. The third-order valence-corrected chi connectivity index (χ3v) is 3.57. The Morgan fingerprint density at radius 3 is 2.44 bits per heavy atom. The van der Waals surface area contributed by atoms with Crippen LogP contribution in [-0.2, 0) is 22.7 Å². The van der Waals surface area contributed by atoms with Crippen LogP contribution < -0.4 is 10.1 Å². The predicted molar refractivity (Wildman–Crippen MR) is 102 cm³/mol. The first-order valence-corrected chi connectivity index (χ1v) is 8.67. The number of benzene rings is 2. The van der Waals surface area contributed by atoms with Crippen LogP contribution >= 0.6 is 0 Å². The Balaban J connectivity index is 1.93. The van der Waals surface area contributed by atoms with Gasteiger partial charge in [-0.15, -0.1) is 0 Å². The standard InChI is InChI=1S/C21H25NO5/c1-21(2,3)27-13-16-7-4-6-15(10-16)12-22-20(25)17-8-5-9-18(11-17)26-14-19(23)24/h4-11H,12-14H2,1-3H3,(H,22,25)(H,23,24). The van der Waals surface area contributed by atoms with Gasteiger partial charge in [-0.3, -0.25) is 4.79 Å². The molecule has 1 amide bonds. The number of rotatable bonds is 8. The SMILES string of the molecule is CC(C)(C)OCc1cccc(CNC(=O)c2cccc(OCC(=O)O)c2)c1. The molecule has 0 unspecified atom stereocenters. The van der Waals surface area contributed by atoms with Crippen LogP contribution in [0.2, 0.25) is 0 Å². The Morgan fingerprint density at radius 1 is 1.04 bits per heavy atom. The topological polar surface area (TPSA) is 84.9 Å². The van der Waals surface area contributed by atoms with E-state index in [4.69, 9.17) is 14.6 Å². The second-order valence-electron chi connectivity index (χ2n) is 7.11. The predicted octanol–water partition coefficient (Wildman–Crippen LogP) is 3.40. The van der Waals surface area contributed by atoms with Crippen molar-refractivity contribution >= 4 is 11.9 Å². The molecule has 144 valence electrons. The quantitative estimate of drug-likeness (QED) is 0.743. The van der Waals surface area contributed by atoms with E-state index in [1.54, 1.807) is 18.2 Å². The number of carbonyl (C=O) groups excluding carboxylic acids is 1. The zero-order valence-electron chi connectivity index (χ0n) is 15.8. The smallest absolute Gasteiger partial charge is 0.341 e. The largest absolute Gasteiger partial charge is 0.482 e. The van der Waals surface area contributed by atoms with Crippen molar-refractivity contribution in [1.82, 2.24) is 5.32 Å². The monoisotopic (exact) mass is 371 g/mol. The zero-order valence-corrected chi connectivity index (χ0v) is 15.8. The van der Waals surface area contributed by atoms with E-state index in [1.807, 2.05) is 45.0 Å². The highest BCUT2D eigenvalue weighted by molar-refractivity contribution is 5.94. The summed E-state index contributed by atoms with van der Waals surface area (Å²) < 4.78 is 10.9. The fourth-order valence-corrected chi connectivity index (χ4v) is 2.29. The van der Waals surface area contributed by atoms with E-state index in [1.165, 1.54) is 6.07 Å². The second-order valence-corrected chi connectivity index (χ2v) is 7.11. The molecule has 6 heteroatoms. The average molecular weight is 371 g/mol. The van der Waals surface area contributed by atoms with E-state index in [2.05, 4.69) is 5.32 Å². The molecule has 2 N–H and O–H groups in total. The van der Waals surface area contributed by atoms with Crippen LogP contribution in [0.4, 0.5) is 0 Å². The lowest BCUT2D eigenvalue weighted by atomic mass is 10.1. The Morgan fingerprint density at radius 2 is 1.74 bits per heavy atom. The molecule has 0 heterocycles. The summed E-state index contributed by atoms with van der Waals surface area (Å²) in [4.78, 5) is 22.9. The van der Waals surface area contributed by atoms with Crippen molar-refractivity contribution in [3.8, 4) is 5.75 Å². The van der Waals surface area contributed by atoms with Crippen molar-refractivity contribution in [2.75, 3.05) is 6.61 Å². The fraction of sp³-hybridized carbons (Fsp3) is 0.333. The van der Waals surface area contributed by atoms with E-state index < -0.39 is 12.6 Å². The Kier molecular flexibility index (Phi) is 6.96. The molecule has 0 saturated heterocycles. The minimum Gasteiger partial charge on any atom is -0.482 e. The first-order valence-electron chi connectivity index (χ1n) is 8.67. The third-order valence-electron chi connectivity index (χ3n) is 3.57. The minimum absolute atomic E-state index is 0.210. The molecule has 2 aromatic rings. The maximum absolute atomic E-state index is 12.3. The summed E-state index contributed by atoms with van der Waals surface area (Å²) in [7, 11) is 0.